The van der Waals surface area contributed by atoms with Crippen molar-refractivity contribution < 1.29 is 18.9 Å². The molecule has 0 heterocycles. The summed E-state index contributed by atoms with van der Waals surface area (Å²) in [4.78, 5) is 0. The molecule has 0 bridgehead atoms. The average molecular weight is 278 g/mol. The van der Waals surface area contributed by atoms with Crippen LogP contribution in [0.3, 0.4) is 0 Å². The molecule has 118 valence electrons. The summed E-state index contributed by atoms with van der Waals surface area (Å²) in [6.45, 7) is 12.1. The van der Waals surface area contributed by atoms with Crippen LogP contribution >= 0.6 is 0 Å². The minimum absolute atomic E-state index is 0.0449. The van der Waals surface area contributed by atoms with Crippen LogP contribution in [0.25, 0.3) is 0 Å². The number of unbranched alkanes of at least 4 members (excludes halogenated alkanes) is 2. The second kappa shape index (κ2) is 20.2. The lowest BCUT2D eigenvalue weighted by Crippen LogP contribution is -2.10. The molecule has 0 N–H and O–H groups in total. The van der Waals surface area contributed by atoms with E-state index in [9.17, 15) is 0 Å². The van der Waals surface area contributed by atoms with E-state index in [1.807, 2.05) is 13.8 Å². The van der Waals surface area contributed by atoms with Crippen LogP contribution in [0.2, 0.25) is 0 Å². The largest absolute Gasteiger partial charge is 0.379 e. The molecule has 0 aliphatic carbocycles. The van der Waals surface area contributed by atoms with Crippen LogP contribution in [0.5, 0.6) is 0 Å². The Balaban J connectivity index is 0. The van der Waals surface area contributed by atoms with Crippen molar-refractivity contribution in [1.29, 1.82) is 0 Å². The Morgan fingerprint density at radius 3 is 1.89 bits per heavy atom. The molecule has 0 spiro atoms. The van der Waals surface area contributed by atoms with E-state index in [4.69, 9.17) is 18.9 Å². The van der Waals surface area contributed by atoms with Crippen molar-refractivity contribution in [1.82, 2.24) is 0 Å². The lowest BCUT2D eigenvalue weighted by atomic mass is 10.4. The summed E-state index contributed by atoms with van der Waals surface area (Å²) >= 11 is 0. The molecule has 0 aromatic heterocycles. The molecule has 0 saturated carbocycles. The molecule has 0 radical (unpaired) electrons. The van der Waals surface area contributed by atoms with Crippen molar-refractivity contribution in [2.24, 2.45) is 0 Å². The Labute approximate surface area is 119 Å². The molecule has 19 heavy (non-hydrogen) atoms. The van der Waals surface area contributed by atoms with Gasteiger partial charge in [0.05, 0.1) is 13.2 Å². The van der Waals surface area contributed by atoms with Crippen LogP contribution in [-0.4, -0.2) is 46.4 Å². The van der Waals surface area contributed by atoms with Crippen LogP contribution in [-0.2, 0) is 18.9 Å². The predicted molar refractivity (Wildman–Crippen MR) is 79.6 cm³/mol. The molecule has 0 aliphatic rings. The van der Waals surface area contributed by atoms with E-state index in [2.05, 4.69) is 13.8 Å². The Morgan fingerprint density at radius 1 is 0.789 bits per heavy atom. The minimum Gasteiger partial charge on any atom is -0.379 e. The predicted octanol–water partition coefficient (Wildman–Crippen LogP) is 3.64. The van der Waals surface area contributed by atoms with Gasteiger partial charge >= 0.3 is 0 Å². The molecule has 0 amide bonds. The zero-order chi connectivity index (χ0) is 14.8. The summed E-state index contributed by atoms with van der Waals surface area (Å²) in [5, 5.41) is 0. The summed E-state index contributed by atoms with van der Waals surface area (Å²) in [6, 6.07) is 0. The average Bonchev–Trinajstić information content (AvgIpc) is 2.43. The van der Waals surface area contributed by atoms with Gasteiger partial charge in [0.25, 0.3) is 0 Å². The second-order valence-electron chi connectivity index (χ2n) is 4.19. The third-order valence-electron chi connectivity index (χ3n) is 2.40. The summed E-state index contributed by atoms with van der Waals surface area (Å²) in [5.74, 6) is 0. The van der Waals surface area contributed by atoms with E-state index in [1.54, 1.807) is 7.11 Å². The van der Waals surface area contributed by atoms with Gasteiger partial charge in [0.1, 0.15) is 0 Å². The van der Waals surface area contributed by atoms with E-state index in [0.717, 1.165) is 45.9 Å². The van der Waals surface area contributed by atoms with Crippen molar-refractivity contribution in [3.63, 3.8) is 0 Å². The fourth-order valence-electron chi connectivity index (χ4n) is 1.07. The summed E-state index contributed by atoms with van der Waals surface area (Å²) in [6.07, 6.45) is 4.61. The van der Waals surface area contributed by atoms with E-state index in [0.29, 0.717) is 0 Å². The monoisotopic (exact) mass is 278 g/mol. The van der Waals surface area contributed by atoms with E-state index < -0.39 is 0 Å². The van der Waals surface area contributed by atoms with Gasteiger partial charge < -0.3 is 18.9 Å². The molecule has 0 aliphatic heterocycles. The Morgan fingerprint density at radius 2 is 1.37 bits per heavy atom. The molecule has 1 atom stereocenters. The third kappa shape index (κ3) is 23.4. The maximum atomic E-state index is 5.25. The van der Waals surface area contributed by atoms with E-state index >= 15 is 0 Å². The molecule has 4 nitrogen and oxygen atoms in total. The SMILES string of the molecule is CCCCOC(C)OC.CCCCOCCOCC. The molecule has 0 aromatic carbocycles. The molecular weight excluding hydrogens is 244 g/mol. The number of hydrogen-bond donors (Lipinski definition) is 0. The fraction of sp³-hybridized carbons (Fsp3) is 1.00. The van der Waals surface area contributed by atoms with Crippen LogP contribution < -0.4 is 0 Å². The molecule has 0 saturated heterocycles. The molecular formula is C15H34O4. The summed E-state index contributed by atoms with van der Waals surface area (Å²) in [7, 11) is 1.65. The molecule has 0 fully saturated rings. The van der Waals surface area contributed by atoms with Crippen LogP contribution in [0.1, 0.15) is 53.4 Å². The Kier molecular flexibility index (Phi) is 22.4. The number of rotatable bonds is 12. The fourth-order valence-corrected chi connectivity index (χ4v) is 1.07. The Hall–Kier alpha value is -0.160. The summed E-state index contributed by atoms with van der Waals surface area (Å²) < 4.78 is 20.4. The quantitative estimate of drug-likeness (QED) is 0.403. The van der Waals surface area contributed by atoms with Crippen molar-refractivity contribution in [3.05, 3.63) is 0 Å². The number of ether oxygens (including phenoxy) is 4. The zero-order valence-electron chi connectivity index (χ0n) is 13.6. The first kappa shape index (κ1) is 21.1. The zero-order valence-corrected chi connectivity index (χ0v) is 13.6. The highest BCUT2D eigenvalue weighted by molar-refractivity contribution is 4.33. The second-order valence-corrected chi connectivity index (χ2v) is 4.19. The first-order chi connectivity index (χ1) is 9.22. The molecule has 0 rings (SSSR count). The first-order valence-corrected chi connectivity index (χ1v) is 7.52. The lowest BCUT2D eigenvalue weighted by molar-refractivity contribution is -0.111. The van der Waals surface area contributed by atoms with Gasteiger partial charge in [0.15, 0.2) is 6.29 Å². The first-order valence-electron chi connectivity index (χ1n) is 7.52. The molecule has 0 aromatic rings. The summed E-state index contributed by atoms with van der Waals surface area (Å²) in [5.41, 5.74) is 0. The van der Waals surface area contributed by atoms with Crippen molar-refractivity contribution >= 4 is 0 Å². The normalized spacial score (nSPS) is 11.8. The van der Waals surface area contributed by atoms with E-state index in [1.165, 1.54) is 12.8 Å². The van der Waals surface area contributed by atoms with Gasteiger partial charge in [-0.1, -0.05) is 26.7 Å². The smallest absolute Gasteiger partial charge is 0.154 e. The molecule has 1 unspecified atom stereocenters. The molecule has 4 heteroatoms. The highest BCUT2D eigenvalue weighted by Gasteiger charge is 1.95. The van der Waals surface area contributed by atoms with E-state index in [-0.39, 0.29) is 6.29 Å². The van der Waals surface area contributed by atoms with Gasteiger partial charge in [-0.25, -0.2) is 0 Å². The van der Waals surface area contributed by atoms with Gasteiger partial charge in [0, 0.05) is 26.9 Å². The van der Waals surface area contributed by atoms with Gasteiger partial charge in [-0.05, 0) is 26.7 Å². The topological polar surface area (TPSA) is 36.9 Å². The van der Waals surface area contributed by atoms with Crippen molar-refractivity contribution in [2.45, 2.75) is 59.7 Å². The lowest BCUT2D eigenvalue weighted by Gasteiger charge is -2.09. The van der Waals surface area contributed by atoms with Gasteiger partial charge in [0.2, 0.25) is 0 Å². The number of hydrogen-bond acceptors (Lipinski definition) is 4. The maximum Gasteiger partial charge on any atom is 0.154 e. The standard InChI is InChI=1S/C8H18O2.C7H16O2/c1-3-5-6-10-8-7-9-4-2;1-4-5-6-9-7(2)8-3/h3-8H2,1-2H3;7H,4-6H2,1-3H3. The van der Waals surface area contributed by atoms with Crippen LogP contribution in [0.4, 0.5) is 0 Å². The van der Waals surface area contributed by atoms with Crippen molar-refractivity contribution in [3.8, 4) is 0 Å². The third-order valence-corrected chi connectivity index (χ3v) is 2.40. The highest BCUT2D eigenvalue weighted by Crippen LogP contribution is 1.94. The number of methoxy groups -OCH3 is 1. The van der Waals surface area contributed by atoms with Crippen LogP contribution in [0.15, 0.2) is 0 Å². The van der Waals surface area contributed by atoms with Gasteiger partial charge in [-0.3, -0.25) is 0 Å². The van der Waals surface area contributed by atoms with Gasteiger partial charge in [-0.15, -0.1) is 0 Å². The maximum absolute atomic E-state index is 5.25. The van der Waals surface area contributed by atoms with Gasteiger partial charge in [-0.2, -0.15) is 0 Å². The minimum atomic E-state index is -0.0449. The highest BCUT2D eigenvalue weighted by atomic mass is 16.7. The van der Waals surface area contributed by atoms with Crippen LogP contribution in [0, 0.1) is 0 Å². The van der Waals surface area contributed by atoms with Crippen molar-refractivity contribution in [2.75, 3.05) is 40.1 Å². The Bertz CT molecular complexity index is 134.